The number of carboxylic acid groups (broad SMARTS) is 1. The molecule has 1 fully saturated rings. The molecule has 0 radical (unpaired) electrons. The first-order valence-electron chi connectivity index (χ1n) is 8.94. The largest absolute Gasteiger partial charge is 0.490 e. The molecule has 0 saturated carbocycles. The molecule has 3 rings (SSSR count). The summed E-state index contributed by atoms with van der Waals surface area (Å²) in [6, 6.07) is 11.5. The van der Waals surface area contributed by atoms with Crippen LogP contribution in [0.5, 0.6) is 0 Å². The van der Waals surface area contributed by atoms with Crippen molar-refractivity contribution in [2.75, 3.05) is 16.8 Å². The molecule has 1 amide bonds. The van der Waals surface area contributed by atoms with Crippen LogP contribution in [0.15, 0.2) is 36.4 Å². The number of rotatable bonds is 4. The highest BCUT2D eigenvalue weighted by molar-refractivity contribution is 6.29. The molecule has 31 heavy (non-hydrogen) atoms. The normalized spacial score (nSPS) is 16.1. The number of carboxylic acids is 1. The van der Waals surface area contributed by atoms with Gasteiger partial charge in [-0.2, -0.15) is 18.2 Å². The lowest BCUT2D eigenvalue weighted by atomic mass is 10.1. The molecule has 2 heterocycles. The quantitative estimate of drug-likeness (QED) is 0.639. The summed E-state index contributed by atoms with van der Waals surface area (Å²) in [5, 5.41) is 10.6. The Morgan fingerprint density at radius 3 is 2.35 bits per heavy atom. The minimum Gasteiger partial charge on any atom is -0.475 e. The lowest BCUT2D eigenvalue weighted by molar-refractivity contribution is -0.192. The predicted molar refractivity (Wildman–Crippen MR) is 107 cm³/mol. The first-order valence-corrected chi connectivity index (χ1v) is 9.32. The van der Waals surface area contributed by atoms with Crippen LogP contribution in [0.1, 0.15) is 32.4 Å². The molecule has 0 bridgehead atoms. The number of hydrogen-bond acceptors (Lipinski definition) is 6. The van der Waals surface area contributed by atoms with Crippen molar-refractivity contribution in [3.8, 4) is 0 Å². The van der Waals surface area contributed by atoms with Crippen molar-refractivity contribution in [3.05, 3.63) is 47.1 Å². The summed E-state index contributed by atoms with van der Waals surface area (Å²) >= 11 is 6.13. The van der Waals surface area contributed by atoms with Crippen molar-refractivity contribution in [1.82, 2.24) is 9.97 Å². The maximum atomic E-state index is 12.0. The van der Waals surface area contributed by atoms with E-state index in [-0.39, 0.29) is 11.2 Å². The Kier molecular flexibility index (Phi) is 7.32. The van der Waals surface area contributed by atoms with Gasteiger partial charge in [0.2, 0.25) is 5.95 Å². The van der Waals surface area contributed by atoms with E-state index in [0.717, 1.165) is 5.56 Å². The van der Waals surface area contributed by atoms with E-state index in [2.05, 4.69) is 15.3 Å². The predicted octanol–water partition coefficient (Wildman–Crippen LogP) is 4.67. The van der Waals surface area contributed by atoms with Crippen LogP contribution in [0, 0.1) is 0 Å². The second-order valence-corrected chi connectivity index (χ2v) is 7.54. The lowest BCUT2D eigenvalue weighted by Crippen LogP contribution is -2.42. The highest BCUT2D eigenvalue weighted by Crippen LogP contribution is 2.31. The number of nitrogens with one attached hydrogen (secondary N) is 1. The van der Waals surface area contributed by atoms with Gasteiger partial charge < -0.3 is 15.2 Å². The number of ether oxygens (including phenoxy) is 1. The zero-order valence-electron chi connectivity index (χ0n) is 16.8. The zero-order chi connectivity index (χ0) is 23.4. The Hall–Kier alpha value is -3.08. The number of nitrogens with zero attached hydrogens (tertiary/aromatic N) is 3. The Morgan fingerprint density at radius 1 is 1.29 bits per heavy atom. The van der Waals surface area contributed by atoms with E-state index in [4.69, 9.17) is 26.2 Å². The summed E-state index contributed by atoms with van der Waals surface area (Å²) in [5.41, 5.74) is 0.611. The average Bonchev–Trinajstić information content (AvgIpc) is 2.94. The molecule has 168 valence electrons. The van der Waals surface area contributed by atoms with Crippen LogP contribution in [0.25, 0.3) is 0 Å². The molecule has 0 unspecified atom stereocenters. The molecule has 2 aromatic rings. The minimum absolute atomic E-state index is 0.00365. The Balaban J connectivity index is 0.000000423. The maximum Gasteiger partial charge on any atom is 0.490 e. The third-order valence-electron chi connectivity index (χ3n) is 4.13. The number of amides is 1. The fourth-order valence-electron chi connectivity index (χ4n) is 2.62. The number of carbonyl (C=O) groups excluding carboxylic acids is 1. The van der Waals surface area contributed by atoms with Gasteiger partial charge in [-0.15, -0.1) is 0 Å². The topological polar surface area (TPSA) is 105 Å². The number of alkyl halides is 3. The van der Waals surface area contributed by atoms with Gasteiger partial charge in [0.05, 0.1) is 11.6 Å². The number of aromatic nitrogens is 2. The molecule has 1 aliphatic rings. The first-order chi connectivity index (χ1) is 14.3. The molecule has 1 aliphatic heterocycles. The van der Waals surface area contributed by atoms with E-state index >= 15 is 0 Å². The van der Waals surface area contributed by atoms with Crippen LogP contribution in [0.3, 0.4) is 0 Å². The molecule has 8 nitrogen and oxygen atoms in total. The van der Waals surface area contributed by atoms with E-state index in [1.54, 1.807) is 6.07 Å². The van der Waals surface area contributed by atoms with Gasteiger partial charge in [-0.05, 0) is 26.3 Å². The number of hydrogen-bond donors (Lipinski definition) is 2. The monoisotopic (exact) mass is 460 g/mol. The third kappa shape index (κ3) is 6.45. The molecular formula is C19H20ClF3N4O4. The fourth-order valence-corrected chi connectivity index (χ4v) is 2.80. The minimum atomic E-state index is -5.08. The number of benzene rings is 1. The smallest absolute Gasteiger partial charge is 0.475 e. The van der Waals surface area contributed by atoms with Gasteiger partial charge in [-0.3, -0.25) is 4.90 Å². The first kappa shape index (κ1) is 24.2. The van der Waals surface area contributed by atoms with Gasteiger partial charge in [0.15, 0.2) is 0 Å². The molecule has 1 atom stereocenters. The summed E-state index contributed by atoms with van der Waals surface area (Å²) in [4.78, 5) is 31.1. The molecule has 2 N–H and O–H groups in total. The molecule has 0 aliphatic carbocycles. The van der Waals surface area contributed by atoms with Crippen molar-refractivity contribution in [2.45, 2.75) is 38.5 Å². The van der Waals surface area contributed by atoms with Gasteiger partial charge >= 0.3 is 18.2 Å². The van der Waals surface area contributed by atoms with Crippen LogP contribution in [0.2, 0.25) is 5.15 Å². The maximum absolute atomic E-state index is 12.0. The summed E-state index contributed by atoms with van der Waals surface area (Å²) in [5.74, 6) is -1.97. The van der Waals surface area contributed by atoms with Crippen molar-refractivity contribution < 1.29 is 32.6 Å². The fraction of sp³-hybridized carbons (Fsp3) is 0.368. The van der Waals surface area contributed by atoms with Crippen molar-refractivity contribution >= 4 is 35.4 Å². The van der Waals surface area contributed by atoms with Crippen molar-refractivity contribution in [2.24, 2.45) is 0 Å². The third-order valence-corrected chi connectivity index (χ3v) is 4.33. The summed E-state index contributed by atoms with van der Waals surface area (Å²) in [6.07, 6.45) is -5.52. The molecule has 1 aromatic heterocycles. The number of cyclic esters (lactones) is 1. The molecule has 12 heteroatoms. The number of carbonyl (C=O) groups is 2. The average molecular weight is 461 g/mol. The van der Waals surface area contributed by atoms with Gasteiger partial charge in [0, 0.05) is 6.07 Å². The summed E-state index contributed by atoms with van der Waals surface area (Å²) in [7, 11) is 0. The standard InChI is InChI=1S/C17H19ClN4O2.C2HF3O2/c1-11(12-7-5-4-6-8-12)19-15-20-13(18)9-14(21-15)22-16(23)24-10-17(22,2)3;3-2(4,5)1(6)7/h4-9,11H,10H2,1-3H3,(H,19,20,21);(H,6,7)/t11-;/m0./s1. The van der Waals surface area contributed by atoms with Crippen LogP contribution >= 0.6 is 11.6 Å². The SMILES string of the molecule is C[C@H](Nc1nc(Cl)cc(N2C(=O)OCC2(C)C)n1)c1ccccc1.O=C(O)C(F)(F)F. The molecule has 0 spiro atoms. The summed E-state index contributed by atoms with van der Waals surface area (Å²) in [6.45, 7) is 6.13. The van der Waals surface area contributed by atoms with Crippen LogP contribution in [-0.4, -0.2) is 45.5 Å². The van der Waals surface area contributed by atoms with Gasteiger partial charge in [0.25, 0.3) is 0 Å². The second-order valence-electron chi connectivity index (χ2n) is 7.15. The Morgan fingerprint density at radius 2 is 1.87 bits per heavy atom. The van der Waals surface area contributed by atoms with E-state index in [1.165, 1.54) is 4.90 Å². The van der Waals surface area contributed by atoms with Crippen molar-refractivity contribution in [1.29, 1.82) is 0 Å². The summed E-state index contributed by atoms with van der Waals surface area (Å²) < 4.78 is 36.9. The van der Waals surface area contributed by atoms with Crippen LogP contribution < -0.4 is 10.2 Å². The van der Waals surface area contributed by atoms with Crippen LogP contribution in [-0.2, 0) is 9.53 Å². The van der Waals surface area contributed by atoms with Crippen LogP contribution in [0.4, 0.5) is 29.7 Å². The van der Waals surface area contributed by atoms with Crippen molar-refractivity contribution in [3.63, 3.8) is 0 Å². The number of halogens is 4. The highest BCUT2D eigenvalue weighted by Gasteiger charge is 2.42. The highest BCUT2D eigenvalue weighted by atomic mass is 35.5. The number of anilines is 2. The number of aliphatic carboxylic acids is 1. The zero-order valence-corrected chi connectivity index (χ0v) is 17.5. The lowest BCUT2D eigenvalue weighted by Gasteiger charge is -2.27. The Labute approximate surface area is 181 Å². The van der Waals surface area contributed by atoms with Gasteiger partial charge in [-0.25, -0.2) is 14.6 Å². The van der Waals surface area contributed by atoms with Gasteiger partial charge in [0.1, 0.15) is 17.6 Å². The Bertz CT molecular complexity index is 941. The molecule has 1 aromatic carbocycles. The van der Waals surface area contributed by atoms with Gasteiger partial charge in [-0.1, -0.05) is 41.9 Å². The van der Waals surface area contributed by atoms with E-state index in [9.17, 15) is 18.0 Å². The second kappa shape index (κ2) is 9.38. The molecule has 1 saturated heterocycles. The van der Waals surface area contributed by atoms with E-state index in [1.807, 2.05) is 51.1 Å². The van der Waals surface area contributed by atoms with E-state index < -0.39 is 23.8 Å². The van der Waals surface area contributed by atoms with E-state index in [0.29, 0.717) is 18.4 Å². The molecular weight excluding hydrogens is 441 g/mol.